The van der Waals surface area contributed by atoms with Crippen LogP contribution in [0.5, 0.6) is 11.5 Å². The summed E-state index contributed by atoms with van der Waals surface area (Å²) in [6.07, 6.45) is 4.08. The molecule has 1 aromatic carbocycles. The number of benzene rings is 1. The summed E-state index contributed by atoms with van der Waals surface area (Å²) in [6.45, 7) is 3.68. The van der Waals surface area contributed by atoms with Crippen molar-refractivity contribution < 1.29 is 14.3 Å². The Morgan fingerprint density at radius 3 is 2.30 bits per heavy atom. The van der Waals surface area contributed by atoms with Gasteiger partial charge in [-0.3, -0.25) is 4.79 Å². The second-order valence-corrected chi connectivity index (χ2v) is 5.26. The first-order chi connectivity index (χ1) is 9.65. The summed E-state index contributed by atoms with van der Waals surface area (Å²) < 4.78 is 11.0. The standard InChI is InChI=1S/C16H23NO3/c1-12(18)9-13-10-16(20-3)14(11-15(13)19-2)17-7-5-4-6-8-17/h10-11H,4-9H2,1-3H3. The lowest BCUT2D eigenvalue weighted by Gasteiger charge is -2.30. The molecular weight excluding hydrogens is 254 g/mol. The van der Waals surface area contributed by atoms with Crippen LogP contribution in [0.25, 0.3) is 0 Å². The van der Waals surface area contributed by atoms with Crippen molar-refractivity contribution in [3.63, 3.8) is 0 Å². The summed E-state index contributed by atoms with van der Waals surface area (Å²) in [7, 11) is 3.32. The Kier molecular flexibility index (Phi) is 4.88. The molecule has 4 nitrogen and oxygen atoms in total. The molecule has 0 bridgehead atoms. The quantitative estimate of drug-likeness (QED) is 0.829. The normalized spacial score (nSPS) is 15.1. The van der Waals surface area contributed by atoms with Gasteiger partial charge in [0.1, 0.15) is 17.3 Å². The number of hydrogen-bond acceptors (Lipinski definition) is 4. The van der Waals surface area contributed by atoms with Crippen LogP contribution in [0.1, 0.15) is 31.7 Å². The highest BCUT2D eigenvalue weighted by Gasteiger charge is 2.19. The fourth-order valence-electron chi connectivity index (χ4n) is 2.73. The molecule has 0 unspecified atom stereocenters. The van der Waals surface area contributed by atoms with Gasteiger partial charge in [0.25, 0.3) is 0 Å². The highest BCUT2D eigenvalue weighted by atomic mass is 16.5. The number of nitrogens with zero attached hydrogens (tertiary/aromatic N) is 1. The maximum absolute atomic E-state index is 11.4. The van der Waals surface area contributed by atoms with Gasteiger partial charge in [0.15, 0.2) is 0 Å². The molecule has 1 heterocycles. The molecule has 1 aliphatic rings. The van der Waals surface area contributed by atoms with Gasteiger partial charge in [0, 0.05) is 31.1 Å². The number of carbonyl (C=O) groups is 1. The van der Waals surface area contributed by atoms with Crippen molar-refractivity contribution in [2.24, 2.45) is 0 Å². The molecule has 0 saturated carbocycles. The van der Waals surface area contributed by atoms with Crippen molar-refractivity contribution in [3.05, 3.63) is 17.7 Å². The van der Waals surface area contributed by atoms with Crippen LogP contribution in [0, 0.1) is 0 Å². The minimum atomic E-state index is 0.121. The fraction of sp³-hybridized carbons (Fsp3) is 0.562. The zero-order valence-electron chi connectivity index (χ0n) is 12.6. The number of piperidine rings is 1. The Morgan fingerprint density at radius 1 is 1.10 bits per heavy atom. The number of methoxy groups -OCH3 is 2. The van der Waals surface area contributed by atoms with E-state index in [-0.39, 0.29) is 5.78 Å². The predicted octanol–water partition coefficient (Wildman–Crippen LogP) is 2.83. The van der Waals surface area contributed by atoms with Crippen LogP contribution >= 0.6 is 0 Å². The van der Waals surface area contributed by atoms with Gasteiger partial charge in [-0.2, -0.15) is 0 Å². The maximum atomic E-state index is 11.4. The van der Waals surface area contributed by atoms with E-state index >= 15 is 0 Å². The first-order valence-electron chi connectivity index (χ1n) is 7.15. The van der Waals surface area contributed by atoms with Gasteiger partial charge in [-0.25, -0.2) is 0 Å². The molecule has 0 aromatic heterocycles. The van der Waals surface area contributed by atoms with E-state index in [0.717, 1.165) is 35.8 Å². The number of rotatable bonds is 5. The van der Waals surface area contributed by atoms with E-state index in [4.69, 9.17) is 9.47 Å². The fourth-order valence-corrected chi connectivity index (χ4v) is 2.73. The number of ether oxygens (including phenoxy) is 2. The van der Waals surface area contributed by atoms with Crippen molar-refractivity contribution in [1.82, 2.24) is 0 Å². The minimum Gasteiger partial charge on any atom is -0.496 e. The van der Waals surface area contributed by atoms with E-state index in [2.05, 4.69) is 4.90 Å². The van der Waals surface area contributed by atoms with Gasteiger partial charge >= 0.3 is 0 Å². The van der Waals surface area contributed by atoms with Gasteiger partial charge in [0.2, 0.25) is 0 Å². The minimum absolute atomic E-state index is 0.121. The number of ketones is 1. The zero-order valence-corrected chi connectivity index (χ0v) is 12.6. The van der Waals surface area contributed by atoms with E-state index in [1.165, 1.54) is 19.3 Å². The molecule has 1 aliphatic heterocycles. The van der Waals surface area contributed by atoms with Crippen molar-refractivity contribution >= 4 is 11.5 Å². The molecule has 1 saturated heterocycles. The van der Waals surface area contributed by atoms with Crippen molar-refractivity contribution in [1.29, 1.82) is 0 Å². The van der Waals surface area contributed by atoms with Gasteiger partial charge < -0.3 is 14.4 Å². The van der Waals surface area contributed by atoms with Crippen molar-refractivity contribution in [3.8, 4) is 11.5 Å². The largest absolute Gasteiger partial charge is 0.496 e. The number of Topliss-reactive ketones (excluding diaryl/α,β-unsaturated/α-hetero) is 1. The van der Waals surface area contributed by atoms with E-state index in [1.807, 2.05) is 12.1 Å². The van der Waals surface area contributed by atoms with Crippen LogP contribution in [-0.4, -0.2) is 33.1 Å². The second-order valence-electron chi connectivity index (χ2n) is 5.26. The average Bonchev–Trinajstić information content (AvgIpc) is 2.47. The van der Waals surface area contributed by atoms with Crippen molar-refractivity contribution in [2.75, 3.05) is 32.2 Å². The van der Waals surface area contributed by atoms with Crippen LogP contribution in [-0.2, 0) is 11.2 Å². The molecule has 110 valence electrons. The zero-order chi connectivity index (χ0) is 14.5. The summed E-state index contributed by atoms with van der Waals surface area (Å²) in [4.78, 5) is 13.7. The highest BCUT2D eigenvalue weighted by Crippen LogP contribution is 2.37. The molecule has 0 aliphatic carbocycles. The first kappa shape index (κ1) is 14.7. The molecule has 0 amide bonds. The second kappa shape index (κ2) is 6.64. The maximum Gasteiger partial charge on any atom is 0.142 e. The van der Waals surface area contributed by atoms with E-state index in [1.54, 1.807) is 21.1 Å². The average molecular weight is 277 g/mol. The molecule has 0 radical (unpaired) electrons. The summed E-state index contributed by atoms with van der Waals surface area (Å²) in [5, 5.41) is 0. The van der Waals surface area contributed by atoms with Gasteiger partial charge in [-0.15, -0.1) is 0 Å². The first-order valence-corrected chi connectivity index (χ1v) is 7.15. The third-order valence-corrected chi connectivity index (χ3v) is 3.72. The van der Waals surface area contributed by atoms with Crippen LogP contribution in [0.4, 0.5) is 5.69 Å². The molecule has 1 fully saturated rings. The Hall–Kier alpha value is -1.71. The third kappa shape index (κ3) is 3.24. The SMILES string of the molecule is COc1cc(N2CCCCC2)c(OC)cc1CC(C)=O. The van der Waals surface area contributed by atoms with E-state index < -0.39 is 0 Å². The lowest BCUT2D eigenvalue weighted by atomic mass is 10.0. The smallest absolute Gasteiger partial charge is 0.142 e. The number of carbonyl (C=O) groups excluding carboxylic acids is 1. The topological polar surface area (TPSA) is 38.8 Å². The molecule has 20 heavy (non-hydrogen) atoms. The van der Waals surface area contributed by atoms with Gasteiger partial charge in [0.05, 0.1) is 19.9 Å². The van der Waals surface area contributed by atoms with Crippen molar-refractivity contribution in [2.45, 2.75) is 32.6 Å². The van der Waals surface area contributed by atoms with E-state index in [9.17, 15) is 4.79 Å². The molecule has 0 spiro atoms. The molecule has 1 aromatic rings. The van der Waals surface area contributed by atoms with Crippen LogP contribution < -0.4 is 14.4 Å². The summed E-state index contributed by atoms with van der Waals surface area (Å²) >= 11 is 0. The summed E-state index contributed by atoms with van der Waals surface area (Å²) in [5.41, 5.74) is 1.95. The Bertz CT molecular complexity index is 479. The summed E-state index contributed by atoms with van der Waals surface area (Å²) in [6, 6.07) is 3.94. The highest BCUT2D eigenvalue weighted by molar-refractivity contribution is 5.80. The Morgan fingerprint density at radius 2 is 1.75 bits per heavy atom. The Balaban J connectivity index is 2.37. The molecule has 4 heteroatoms. The number of hydrogen-bond donors (Lipinski definition) is 0. The molecule has 0 atom stereocenters. The van der Waals surface area contributed by atoms with E-state index in [0.29, 0.717) is 6.42 Å². The lowest BCUT2D eigenvalue weighted by molar-refractivity contribution is -0.116. The monoisotopic (exact) mass is 277 g/mol. The molecule has 0 N–H and O–H groups in total. The van der Waals surface area contributed by atoms with Crippen LogP contribution in [0.2, 0.25) is 0 Å². The third-order valence-electron chi connectivity index (χ3n) is 3.72. The lowest BCUT2D eigenvalue weighted by Crippen LogP contribution is -2.29. The molecular formula is C16H23NO3. The van der Waals surface area contributed by atoms with Crippen LogP contribution in [0.3, 0.4) is 0 Å². The molecule has 2 rings (SSSR count). The summed E-state index contributed by atoms with van der Waals surface area (Å²) in [5.74, 6) is 1.71. The van der Waals surface area contributed by atoms with Crippen LogP contribution in [0.15, 0.2) is 12.1 Å². The Labute approximate surface area is 120 Å². The van der Waals surface area contributed by atoms with Gasteiger partial charge in [-0.1, -0.05) is 0 Å². The predicted molar refractivity (Wildman–Crippen MR) is 80.0 cm³/mol. The van der Waals surface area contributed by atoms with Gasteiger partial charge in [-0.05, 0) is 32.3 Å². The number of anilines is 1.